The van der Waals surface area contributed by atoms with Gasteiger partial charge in [0.15, 0.2) is 0 Å². The van der Waals surface area contributed by atoms with Crippen molar-refractivity contribution in [2.24, 2.45) is 0 Å². The summed E-state index contributed by atoms with van der Waals surface area (Å²) in [5.41, 5.74) is 2.32. The minimum atomic E-state index is -0.612. The summed E-state index contributed by atoms with van der Waals surface area (Å²) < 4.78 is 1.79. The number of para-hydroxylation sites is 1. The van der Waals surface area contributed by atoms with Crippen molar-refractivity contribution in [3.05, 3.63) is 71.9 Å². The standard InChI is InChI=1S/C26H29N3O3/c1-19(13-14-20-9-3-2-4-10-20)27-26(32)25(31)22-17-29(23-12-6-5-11-21(22)23)18-24(30)28-15-7-8-16-28/h2-6,9-12,17,19H,7-8,13-16,18H2,1H3,(H,27,32). The Labute approximate surface area is 188 Å². The summed E-state index contributed by atoms with van der Waals surface area (Å²) in [5, 5.41) is 3.53. The number of aromatic nitrogens is 1. The van der Waals surface area contributed by atoms with E-state index in [9.17, 15) is 14.4 Å². The first-order chi connectivity index (χ1) is 15.5. The second-order valence-electron chi connectivity index (χ2n) is 8.50. The van der Waals surface area contributed by atoms with E-state index in [1.807, 2.05) is 54.3 Å². The lowest BCUT2D eigenvalue weighted by Crippen LogP contribution is -2.37. The molecular formula is C26H29N3O3. The van der Waals surface area contributed by atoms with Crippen LogP contribution in [-0.2, 0) is 22.6 Å². The Hall–Kier alpha value is -3.41. The third-order valence-electron chi connectivity index (χ3n) is 6.09. The number of carbonyl (C=O) groups excluding carboxylic acids is 3. The SMILES string of the molecule is CC(CCc1ccccc1)NC(=O)C(=O)c1cn(CC(=O)N2CCCC2)c2ccccc12. The molecule has 0 bridgehead atoms. The molecule has 1 saturated heterocycles. The molecule has 2 aromatic carbocycles. The number of amides is 2. The number of rotatable bonds is 8. The van der Waals surface area contributed by atoms with Crippen LogP contribution in [0.2, 0.25) is 0 Å². The highest BCUT2D eigenvalue weighted by Gasteiger charge is 2.24. The molecule has 0 radical (unpaired) electrons. The summed E-state index contributed by atoms with van der Waals surface area (Å²) in [6.07, 6.45) is 5.29. The Kier molecular flexibility index (Phi) is 6.69. The fraction of sp³-hybridized carbons (Fsp3) is 0.346. The van der Waals surface area contributed by atoms with Crippen molar-refractivity contribution < 1.29 is 14.4 Å². The molecule has 2 heterocycles. The van der Waals surface area contributed by atoms with E-state index in [1.165, 1.54) is 5.56 Å². The number of nitrogens with one attached hydrogen (secondary N) is 1. The zero-order chi connectivity index (χ0) is 22.5. The van der Waals surface area contributed by atoms with Crippen LogP contribution in [0.25, 0.3) is 10.9 Å². The van der Waals surface area contributed by atoms with Gasteiger partial charge in [0.2, 0.25) is 5.91 Å². The van der Waals surface area contributed by atoms with E-state index in [1.54, 1.807) is 10.8 Å². The maximum atomic E-state index is 13.0. The number of ketones is 1. The van der Waals surface area contributed by atoms with Crippen LogP contribution in [0.5, 0.6) is 0 Å². The number of Topliss-reactive ketones (excluding diaryl/α,β-unsaturated/α-hetero) is 1. The lowest BCUT2D eigenvalue weighted by molar-refractivity contribution is -0.130. The molecule has 1 fully saturated rings. The summed E-state index contributed by atoms with van der Waals surface area (Å²) in [7, 11) is 0. The first kappa shape index (κ1) is 21.8. The molecule has 3 aromatic rings. The number of hydrogen-bond donors (Lipinski definition) is 1. The number of likely N-dealkylation sites (tertiary alicyclic amines) is 1. The number of aryl methyl sites for hydroxylation is 1. The van der Waals surface area contributed by atoms with Gasteiger partial charge >= 0.3 is 0 Å². The van der Waals surface area contributed by atoms with Gasteiger partial charge in [0, 0.05) is 36.2 Å². The maximum absolute atomic E-state index is 13.0. The normalized spacial score (nSPS) is 14.5. The Morgan fingerprint density at radius 2 is 1.66 bits per heavy atom. The Bertz CT molecular complexity index is 1110. The smallest absolute Gasteiger partial charge is 0.292 e. The van der Waals surface area contributed by atoms with E-state index in [4.69, 9.17) is 0 Å². The van der Waals surface area contributed by atoms with E-state index in [2.05, 4.69) is 17.4 Å². The van der Waals surface area contributed by atoms with Gasteiger partial charge in [-0.05, 0) is 44.2 Å². The van der Waals surface area contributed by atoms with Gasteiger partial charge < -0.3 is 14.8 Å². The third-order valence-corrected chi connectivity index (χ3v) is 6.09. The molecule has 2 amide bonds. The molecule has 1 atom stereocenters. The minimum Gasteiger partial charge on any atom is -0.347 e. The zero-order valence-corrected chi connectivity index (χ0v) is 18.4. The number of benzene rings is 2. The predicted molar refractivity (Wildman–Crippen MR) is 124 cm³/mol. The third kappa shape index (κ3) is 4.90. The van der Waals surface area contributed by atoms with Crippen LogP contribution in [0.1, 0.15) is 42.1 Å². The molecule has 166 valence electrons. The van der Waals surface area contributed by atoms with E-state index < -0.39 is 11.7 Å². The average molecular weight is 432 g/mol. The lowest BCUT2D eigenvalue weighted by atomic mass is 10.1. The van der Waals surface area contributed by atoms with E-state index in [0.717, 1.165) is 44.3 Å². The van der Waals surface area contributed by atoms with Gasteiger partial charge in [0.1, 0.15) is 6.54 Å². The molecule has 4 rings (SSSR count). The summed E-state index contributed by atoms with van der Waals surface area (Å²) in [6, 6.07) is 17.4. The summed E-state index contributed by atoms with van der Waals surface area (Å²) in [4.78, 5) is 40.2. The largest absolute Gasteiger partial charge is 0.347 e. The molecule has 6 nitrogen and oxygen atoms in total. The quantitative estimate of drug-likeness (QED) is 0.438. The molecule has 1 aliphatic rings. The van der Waals surface area contributed by atoms with Crippen LogP contribution < -0.4 is 5.32 Å². The molecule has 0 spiro atoms. The molecular weight excluding hydrogens is 402 g/mol. The van der Waals surface area contributed by atoms with Crippen LogP contribution in [-0.4, -0.2) is 46.2 Å². The van der Waals surface area contributed by atoms with Crippen molar-refractivity contribution >= 4 is 28.5 Å². The lowest BCUT2D eigenvalue weighted by Gasteiger charge is -2.16. The van der Waals surface area contributed by atoms with Crippen molar-refractivity contribution in [1.82, 2.24) is 14.8 Å². The maximum Gasteiger partial charge on any atom is 0.292 e. The van der Waals surface area contributed by atoms with Gasteiger partial charge in [0.25, 0.3) is 11.7 Å². The summed E-state index contributed by atoms with van der Waals surface area (Å²) in [6.45, 7) is 3.65. The zero-order valence-electron chi connectivity index (χ0n) is 18.4. The first-order valence-electron chi connectivity index (χ1n) is 11.3. The monoisotopic (exact) mass is 431 g/mol. The van der Waals surface area contributed by atoms with Gasteiger partial charge in [-0.1, -0.05) is 48.5 Å². The van der Waals surface area contributed by atoms with Crippen molar-refractivity contribution in [3.63, 3.8) is 0 Å². The summed E-state index contributed by atoms with van der Waals surface area (Å²) in [5.74, 6) is -1.14. The van der Waals surface area contributed by atoms with Crippen molar-refractivity contribution in [2.75, 3.05) is 13.1 Å². The summed E-state index contributed by atoms with van der Waals surface area (Å²) >= 11 is 0. The average Bonchev–Trinajstić information content (AvgIpc) is 3.47. The van der Waals surface area contributed by atoms with Crippen LogP contribution in [0, 0.1) is 0 Å². The molecule has 1 N–H and O–H groups in total. The Balaban J connectivity index is 1.45. The van der Waals surface area contributed by atoms with Gasteiger partial charge in [-0.3, -0.25) is 14.4 Å². The minimum absolute atomic E-state index is 0.0428. The Morgan fingerprint density at radius 1 is 0.969 bits per heavy atom. The van der Waals surface area contributed by atoms with Crippen LogP contribution in [0.15, 0.2) is 60.8 Å². The van der Waals surface area contributed by atoms with Crippen LogP contribution in [0.3, 0.4) is 0 Å². The van der Waals surface area contributed by atoms with Crippen molar-refractivity contribution in [2.45, 2.75) is 45.2 Å². The highest BCUT2D eigenvalue weighted by molar-refractivity contribution is 6.45. The van der Waals surface area contributed by atoms with Crippen LogP contribution >= 0.6 is 0 Å². The van der Waals surface area contributed by atoms with Gasteiger partial charge in [-0.15, -0.1) is 0 Å². The fourth-order valence-electron chi connectivity index (χ4n) is 4.28. The molecule has 0 saturated carbocycles. The van der Waals surface area contributed by atoms with Gasteiger partial charge in [-0.2, -0.15) is 0 Å². The number of fused-ring (bicyclic) bond motifs is 1. The molecule has 32 heavy (non-hydrogen) atoms. The first-order valence-corrected chi connectivity index (χ1v) is 11.3. The highest BCUT2D eigenvalue weighted by atomic mass is 16.2. The molecule has 1 aliphatic heterocycles. The number of carbonyl (C=O) groups is 3. The Morgan fingerprint density at radius 3 is 2.41 bits per heavy atom. The topological polar surface area (TPSA) is 71.4 Å². The van der Waals surface area contributed by atoms with Gasteiger partial charge in [0.05, 0.1) is 5.56 Å². The molecule has 1 unspecified atom stereocenters. The highest BCUT2D eigenvalue weighted by Crippen LogP contribution is 2.23. The van der Waals surface area contributed by atoms with E-state index >= 15 is 0 Å². The molecule has 0 aliphatic carbocycles. The number of hydrogen-bond acceptors (Lipinski definition) is 3. The molecule has 6 heteroatoms. The second kappa shape index (κ2) is 9.81. The fourth-order valence-corrected chi connectivity index (χ4v) is 4.28. The predicted octanol–water partition coefficient (Wildman–Crippen LogP) is 3.58. The van der Waals surface area contributed by atoms with Gasteiger partial charge in [-0.25, -0.2) is 0 Å². The second-order valence-corrected chi connectivity index (χ2v) is 8.50. The van der Waals surface area contributed by atoms with Crippen molar-refractivity contribution in [1.29, 1.82) is 0 Å². The van der Waals surface area contributed by atoms with E-state index in [-0.39, 0.29) is 18.5 Å². The van der Waals surface area contributed by atoms with Crippen LogP contribution in [0.4, 0.5) is 0 Å². The number of nitrogens with zero attached hydrogens (tertiary/aromatic N) is 2. The van der Waals surface area contributed by atoms with E-state index in [0.29, 0.717) is 10.9 Å². The molecule has 1 aromatic heterocycles. The van der Waals surface area contributed by atoms with Crippen molar-refractivity contribution in [3.8, 4) is 0 Å².